The Morgan fingerprint density at radius 1 is 1.04 bits per heavy atom. The minimum atomic E-state index is -0.982. The summed E-state index contributed by atoms with van der Waals surface area (Å²) in [6.07, 6.45) is 5.49. The predicted molar refractivity (Wildman–Crippen MR) is 92.7 cm³/mol. The maximum absolute atomic E-state index is 12.7. The number of nitrogens with zero attached hydrogens (tertiary/aromatic N) is 2. The van der Waals surface area contributed by atoms with E-state index in [2.05, 4.69) is 4.90 Å². The van der Waals surface area contributed by atoms with Crippen molar-refractivity contribution in [3.05, 3.63) is 30.3 Å². The number of rotatable bonds is 5. The monoisotopic (exact) mass is 334 g/mol. The van der Waals surface area contributed by atoms with Crippen LogP contribution in [0.2, 0.25) is 0 Å². The SMILES string of the molecule is O=C(C1CCCCN1CCS(=O)c1ccccc1)N1CCCC1. The molecule has 2 heterocycles. The lowest BCUT2D eigenvalue weighted by Crippen LogP contribution is -2.51. The van der Waals surface area contributed by atoms with Gasteiger partial charge in [0.25, 0.3) is 0 Å². The van der Waals surface area contributed by atoms with Gasteiger partial charge in [-0.15, -0.1) is 0 Å². The highest BCUT2D eigenvalue weighted by molar-refractivity contribution is 7.85. The number of carbonyl (C=O) groups excluding carboxylic acids is 1. The minimum absolute atomic E-state index is 0.00891. The molecule has 5 heteroatoms. The Morgan fingerprint density at radius 3 is 2.48 bits per heavy atom. The fourth-order valence-corrected chi connectivity index (χ4v) is 4.67. The van der Waals surface area contributed by atoms with Crippen LogP contribution in [0.3, 0.4) is 0 Å². The molecule has 0 aliphatic carbocycles. The van der Waals surface area contributed by atoms with Crippen molar-refractivity contribution < 1.29 is 9.00 Å². The van der Waals surface area contributed by atoms with Crippen molar-refractivity contribution in [2.24, 2.45) is 0 Å². The molecular weight excluding hydrogens is 308 g/mol. The lowest BCUT2D eigenvalue weighted by molar-refractivity contribution is -0.137. The van der Waals surface area contributed by atoms with Gasteiger partial charge in [0, 0.05) is 30.3 Å². The molecule has 2 atom stereocenters. The van der Waals surface area contributed by atoms with Gasteiger partial charge in [0.2, 0.25) is 5.91 Å². The zero-order chi connectivity index (χ0) is 16.1. The molecule has 0 radical (unpaired) electrons. The van der Waals surface area contributed by atoms with Crippen LogP contribution >= 0.6 is 0 Å². The second-order valence-corrected chi connectivity index (χ2v) is 8.01. The Bertz CT molecular complexity index is 543. The van der Waals surface area contributed by atoms with E-state index in [1.165, 1.54) is 0 Å². The van der Waals surface area contributed by atoms with Crippen LogP contribution < -0.4 is 0 Å². The first-order valence-corrected chi connectivity index (χ1v) is 10.0. The summed E-state index contributed by atoms with van der Waals surface area (Å²) in [5.41, 5.74) is 0. The van der Waals surface area contributed by atoms with Crippen molar-refractivity contribution in [2.45, 2.75) is 43.0 Å². The third kappa shape index (κ3) is 4.21. The Balaban J connectivity index is 1.58. The molecular formula is C18H26N2O2S. The summed E-state index contributed by atoms with van der Waals surface area (Å²) in [7, 11) is -0.982. The smallest absolute Gasteiger partial charge is 0.239 e. The van der Waals surface area contributed by atoms with E-state index in [0.717, 1.165) is 63.2 Å². The van der Waals surface area contributed by atoms with Crippen molar-refractivity contribution in [1.29, 1.82) is 0 Å². The molecule has 2 aliphatic rings. The summed E-state index contributed by atoms with van der Waals surface area (Å²) >= 11 is 0. The van der Waals surface area contributed by atoms with Crippen LogP contribution in [0.25, 0.3) is 0 Å². The van der Waals surface area contributed by atoms with Crippen molar-refractivity contribution in [1.82, 2.24) is 9.80 Å². The molecule has 2 saturated heterocycles. The molecule has 1 aromatic rings. The van der Waals surface area contributed by atoms with Gasteiger partial charge < -0.3 is 4.90 Å². The molecule has 0 spiro atoms. The largest absolute Gasteiger partial charge is 0.341 e. The van der Waals surface area contributed by atoms with Crippen molar-refractivity contribution in [3.8, 4) is 0 Å². The molecule has 0 bridgehead atoms. The number of carbonyl (C=O) groups is 1. The molecule has 2 aliphatic heterocycles. The van der Waals surface area contributed by atoms with Gasteiger partial charge in [0.15, 0.2) is 0 Å². The van der Waals surface area contributed by atoms with Gasteiger partial charge in [-0.05, 0) is 44.4 Å². The van der Waals surface area contributed by atoms with Gasteiger partial charge >= 0.3 is 0 Å². The molecule has 0 saturated carbocycles. The Labute approximate surface area is 141 Å². The summed E-state index contributed by atoms with van der Waals surface area (Å²) < 4.78 is 12.4. The third-order valence-corrected chi connectivity index (χ3v) is 6.24. The lowest BCUT2D eigenvalue weighted by Gasteiger charge is -2.36. The molecule has 2 unspecified atom stereocenters. The van der Waals surface area contributed by atoms with E-state index in [9.17, 15) is 9.00 Å². The average Bonchev–Trinajstić information content (AvgIpc) is 3.15. The second-order valence-electron chi connectivity index (χ2n) is 6.44. The lowest BCUT2D eigenvalue weighted by atomic mass is 10.0. The maximum atomic E-state index is 12.7. The van der Waals surface area contributed by atoms with Gasteiger partial charge in [-0.25, -0.2) is 0 Å². The van der Waals surface area contributed by atoms with Crippen LogP contribution in [0.1, 0.15) is 32.1 Å². The van der Waals surface area contributed by atoms with E-state index in [1.54, 1.807) is 0 Å². The van der Waals surface area contributed by atoms with Gasteiger partial charge in [-0.3, -0.25) is 13.9 Å². The summed E-state index contributed by atoms with van der Waals surface area (Å²) in [5.74, 6) is 0.904. The van der Waals surface area contributed by atoms with E-state index in [1.807, 2.05) is 35.2 Å². The highest BCUT2D eigenvalue weighted by Crippen LogP contribution is 2.21. The number of hydrogen-bond acceptors (Lipinski definition) is 3. The van der Waals surface area contributed by atoms with E-state index in [0.29, 0.717) is 11.7 Å². The highest BCUT2D eigenvalue weighted by atomic mass is 32.2. The Hall–Kier alpha value is -1.20. The molecule has 1 aromatic carbocycles. The first-order valence-electron chi connectivity index (χ1n) is 8.72. The van der Waals surface area contributed by atoms with Gasteiger partial charge in [0.05, 0.1) is 16.8 Å². The van der Waals surface area contributed by atoms with E-state index in [-0.39, 0.29) is 6.04 Å². The molecule has 3 rings (SSSR count). The topological polar surface area (TPSA) is 40.6 Å². The number of benzene rings is 1. The number of piperidine rings is 1. The number of hydrogen-bond donors (Lipinski definition) is 0. The van der Waals surface area contributed by atoms with Gasteiger partial charge in [-0.1, -0.05) is 24.6 Å². The maximum Gasteiger partial charge on any atom is 0.239 e. The first kappa shape index (κ1) is 16.7. The van der Waals surface area contributed by atoms with Crippen LogP contribution in [0.15, 0.2) is 35.2 Å². The molecule has 0 aromatic heterocycles. The van der Waals surface area contributed by atoms with Crippen LogP contribution in [-0.2, 0) is 15.6 Å². The summed E-state index contributed by atoms with van der Waals surface area (Å²) in [6.45, 7) is 3.53. The molecule has 1 amide bonds. The van der Waals surface area contributed by atoms with E-state index in [4.69, 9.17) is 0 Å². The quantitative estimate of drug-likeness (QED) is 0.829. The Kier molecular flexibility index (Phi) is 5.84. The van der Waals surface area contributed by atoms with Gasteiger partial charge in [0.1, 0.15) is 0 Å². The molecule has 0 N–H and O–H groups in total. The van der Waals surface area contributed by atoms with Gasteiger partial charge in [-0.2, -0.15) is 0 Å². The summed E-state index contributed by atoms with van der Waals surface area (Å²) in [6, 6.07) is 9.63. The van der Waals surface area contributed by atoms with E-state index < -0.39 is 10.8 Å². The van der Waals surface area contributed by atoms with Crippen LogP contribution in [0.5, 0.6) is 0 Å². The highest BCUT2D eigenvalue weighted by Gasteiger charge is 2.32. The third-order valence-electron chi connectivity index (χ3n) is 4.89. The standard InChI is InChI=1S/C18H26N2O2S/c21-18(20-12-6-7-13-20)17-10-4-5-11-19(17)14-15-23(22)16-8-2-1-3-9-16/h1-3,8-9,17H,4-7,10-15H2. The fraction of sp³-hybridized carbons (Fsp3) is 0.611. The fourth-order valence-electron chi connectivity index (χ4n) is 3.58. The summed E-state index contributed by atoms with van der Waals surface area (Å²) in [4.78, 5) is 17.9. The average molecular weight is 334 g/mol. The molecule has 126 valence electrons. The number of likely N-dealkylation sites (tertiary alicyclic amines) is 2. The normalized spacial score (nSPS) is 23.8. The second kappa shape index (κ2) is 8.06. The zero-order valence-electron chi connectivity index (χ0n) is 13.7. The van der Waals surface area contributed by atoms with Crippen LogP contribution in [0.4, 0.5) is 0 Å². The van der Waals surface area contributed by atoms with Crippen LogP contribution in [0, 0.1) is 0 Å². The van der Waals surface area contributed by atoms with Crippen molar-refractivity contribution in [3.63, 3.8) is 0 Å². The minimum Gasteiger partial charge on any atom is -0.341 e. The van der Waals surface area contributed by atoms with Crippen molar-refractivity contribution in [2.75, 3.05) is 31.9 Å². The molecule has 2 fully saturated rings. The first-order chi connectivity index (χ1) is 11.3. The van der Waals surface area contributed by atoms with E-state index >= 15 is 0 Å². The predicted octanol–water partition coefficient (Wildman–Crippen LogP) is 2.27. The van der Waals surface area contributed by atoms with Crippen molar-refractivity contribution >= 4 is 16.7 Å². The van der Waals surface area contributed by atoms with Crippen LogP contribution in [-0.4, -0.2) is 57.9 Å². The Morgan fingerprint density at radius 2 is 1.74 bits per heavy atom. The summed E-state index contributed by atoms with van der Waals surface area (Å²) in [5, 5.41) is 0. The number of amides is 1. The molecule has 4 nitrogen and oxygen atoms in total. The zero-order valence-corrected chi connectivity index (χ0v) is 14.5. The molecule has 23 heavy (non-hydrogen) atoms.